The number of nitro groups is 1. The zero-order chi connectivity index (χ0) is 15.5. The van der Waals surface area contributed by atoms with Crippen molar-refractivity contribution in [2.75, 3.05) is 13.1 Å². The van der Waals surface area contributed by atoms with Crippen molar-refractivity contribution in [2.24, 2.45) is 0 Å². The maximum atomic E-state index is 12.3. The van der Waals surface area contributed by atoms with E-state index in [0.29, 0.717) is 0 Å². The van der Waals surface area contributed by atoms with Crippen LogP contribution in [0.4, 0.5) is 19.0 Å². The number of hydrogen-bond donors (Lipinski definition) is 2. The number of carbonyl (C=O) groups is 2. The third-order valence-corrected chi connectivity index (χ3v) is 2.08. The SMILES string of the molecule is O=C(O)CN(CC(F)(F)F)C(=O)c1ccc([N+](=O)[O-])[nH]1. The van der Waals surface area contributed by atoms with Gasteiger partial charge < -0.3 is 20.1 Å². The van der Waals surface area contributed by atoms with Crippen LogP contribution < -0.4 is 0 Å². The molecule has 1 aromatic rings. The number of aliphatic carboxylic acids is 1. The standard InChI is InChI=1S/C9H8F3N3O5/c10-9(11,12)4-14(3-7(16)17)8(18)5-1-2-6(13-5)15(19)20/h1-2,13H,3-4H2,(H,16,17). The minimum Gasteiger partial charge on any atom is -0.480 e. The molecule has 0 unspecified atom stereocenters. The largest absolute Gasteiger partial charge is 0.480 e. The fourth-order valence-electron chi connectivity index (χ4n) is 1.36. The first-order chi connectivity index (χ1) is 9.10. The summed E-state index contributed by atoms with van der Waals surface area (Å²) in [5.74, 6) is -3.52. The van der Waals surface area contributed by atoms with E-state index in [1.807, 2.05) is 4.98 Å². The second-order valence-electron chi connectivity index (χ2n) is 3.68. The quantitative estimate of drug-likeness (QED) is 0.621. The van der Waals surface area contributed by atoms with E-state index in [9.17, 15) is 32.9 Å². The number of carboxylic acid groups (broad SMARTS) is 1. The Morgan fingerprint density at radius 1 is 1.40 bits per heavy atom. The predicted molar refractivity (Wildman–Crippen MR) is 57.0 cm³/mol. The highest BCUT2D eigenvalue weighted by Gasteiger charge is 2.35. The highest BCUT2D eigenvalue weighted by Crippen LogP contribution is 2.19. The van der Waals surface area contributed by atoms with E-state index in [4.69, 9.17) is 5.11 Å². The number of rotatable bonds is 5. The van der Waals surface area contributed by atoms with Crippen LogP contribution in [0.1, 0.15) is 10.5 Å². The highest BCUT2D eigenvalue weighted by molar-refractivity contribution is 5.94. The number of nitrogens with one attached hydrogen (secondary N) is 1. The van der Waals surface area contributed by atoms with Crippen LogP contribution in [-0.4, -0.2) is 51.1 Å². The van der Waals surface area contributed by atoms with Crippen LogP contribution in [0.15, 0.2) is 12.1 Å². The molecule has 0 spiro atoms. The number of H-pyrrole nitrogens is 1. The second-order valence-corrected chi connectivity index (χ2v) is 3.68. The molecule has 2 N–H and O–H groups in total. The maximum absolute atomic E-state index is 12.3. The van der Waals surface area contributed by atoms with Gasteiger partial charge in [0.05, 0.1) is 0 Å². The zero-order valence-electron chi connectivity index (χ0n) is 9.68. The van der Waals surface area contributed by atoms with Gasteiger partial charge in [0.2, 0.25) is 0 Å². The number of nitrogens with zero attached hydrogens (tertiary/aromatic N) is 2. The molecule has 8 nitrogen and oxygen atoms in total. The summed E-state index contributed by atoms with van der Waals surface area (Å²) in [6.45, 7) is -2.95. The van der Waals surface area contributed by atoms with E-state index >= 15 is 0 Å². The Bertz CT molecular complexity index is 539. The summed E-state index contributed by atoms with van der Waals surface area (Å²) in [5.41, 5.74) is -0.498. The van der Waals surface area contributed by atoms with E-state index in [-0.39, 0.29) is 4.90 Å². The normalized spacial score (nSPS) is 11.2. The molecule has 0 radical (unpaired) electrons. The van der Waals surface area contributed by atoms with Crippen molar-refractivity contribution >= 4 is 17.7 Å². The summed E-state index contributed by atoms with van der Waals surface area (Å²) < 4.78 is 36.8. The van der Waals surface area contributed by atoms with E-state index in [0.717, 1.165) is 12.1 Å². The summed E-state index contributed by atoms with van der Waals surface area (Å²) in [4.78, 5) is 33.7. The number of carboxylic acids is 1. The Morgan fingerprint density at radius 3 is 2.40 bits per heavy atom. The van der Waals surface area contributed by atoms with E-state index in [1.165, 1.54) is 0 Å². The second kappa shape index (κ2) is 5.59. The lowest BCUT2D eigenvalue weighted by Gasteiger charge is -2.20. The molecule has 0 fully saturated rings. The first-order valence-corrected chi connectivity index (χ1v) is 5.01. The lowest BCUT2D eigenvalue weighted by molar-refractivity contribution is -0.389. The summed E-state index contributed by atoms with van der Waals surface area (Å²) in [5, 5.41) is 18.9. The van der Waals surface area contributed by atoms with Crippen molar-refractivity contribution in [3.8, 4) is 0 Å². The number of hydrogen-bond acceptors (Lipinski definition) is 4. The van der Waals surface area contributed by atoms with Gasteiger partial charge in [-0.3, -0.25) is 9.59 Å². The molecule has 0 saturated heterocycles. The van der Waals surface area contributed by atoms with Crippen molar-refractivity contribution in [1.82, 2.24) is 9.88 Å². The molecule has 0 bridgehead atoms. The molecule has 0 saturated carbocycles. The number of alkyl halides is 3. The molecule has 11 heteroatoms. The first kappa shape index (κ1) is 15.5. The summed E-state index contributed by atoms with van der Waals surface area (Å²) in [7, 11) is 0. The Kier molecular flexibility index (Phi) is 4.32. The number of amides is 1. The van der Waals surface area contributed by atoms with E-state index < -0.39 is 47.6 Å². The number of halogens is 3. The van der Waals surface area contributed by atoms with Crippen LogP contribution in [0.25, 0.3) is 0 Å². The lowest BCUT2D eigenvalue weighted by atomic mass is 10.3. The topological polar surface area (TPSA) is 117 Å². The fraction of sp³-hybridized carbons (Fsp3) is 0.333. The first-order valence-electron chi connectivity index (χ1n) is 5.01. The Hall–Kier alpha value is -2.59. The van der Waals surface area contributed by atoms with Crippen molar-refractivity contribution in [3.63, 3.8) is 0 Å². The van der Waals surface area contributed by atoms with Crippen molar-refractivity contribution in [2.45, 2.75) is 6.18 Å². The van der Waals surface area contributed by atoms with Gasteiger partial charge >= 0.3 is 18.0 Å². The average molecular weight is 295 g/mol. The van der Waals surface area contributed by atoms with Gasteiger partial charge in [0.25, 0.3) is 5.91 Å². The third kappa shape index (κ3) is 4.26. The van der Waals surface area contributed by atoms with Gasteiger partial charge in [-0.2, -0.15) is 13.2 Å². The van der Waals surface area contributed by atoms with Crippen LogP contribution >= 0.6 is 0 Å². The Balaban J connectivity index is 2.96. The van der Waals surface area contributed by atoms with Gasteiger partial charge in [0, 0.05) is 6.07 Å². The molecule has 110 valence electrons. The lowest BCUT2D eigenvalue weighted by Crippen LogP contribution is -2.42. The molecule has 0 aliphatic heterocycles. The van der Waals surface area contributed by atoms with Crippen LogP contribution in [0, 0.1) is 10.1 Å². The molecule has 1 heterocycles. The summed E-state index contributed by atoms with van der Waals surface area (Å²) in [6.07, 6.45) is -4.79. The molecule has 0 atom stereocenters. The van der Waals surface area contributed by atoms with Crippen LogP contribution in [0.3, 0.4) is 0 Å². The van der Waals surface area contributed by atoms with Crippen LogP contribution in [0.5, 0.6) is 0 Å². The molecule has 1 rings (SSSR count). The minimum absolute atomic E-state index is 0.0257. The average Bonchev–Trinajstić information content (AvgIpc) is 2.73. The molecule has 20 heavy (non-hydrogen) atoms. The number of aromatic nitrogens is 1. The molecular weight excluding hydrogens is 287 g/mol. The van der Waals surface area contributed by atoms with Crippen LogP contribution in [-0.2, 0) is 4.79 Å². The van der Waals surface area contributed by atoms with Crippen molar-refractivity contribution < 1.29 is 32.8 Å². The van der Waals surface area contributed by atoms with Crippen molar-refractivity contribution in [3.05, 3.63) is 27.9 Å². The van der Waals surface area contributed by atoms with Gasteiger partial charge in [0.1, 0.15) is 13.1 Å². The van der Waals surface area contributed by atoms with Gasteiger partial charge in [-0.25, -0.2) is 4.98 Å². The van der Waals surface area contributed by atoms with E-state index in [1.54, 1.807) is 0 Å². The molecule has 0 aliphatic rings. The zero-order valence-corrected chi connectivity index (χ0v) is 9.68. The van der Waals surface area contributed by atoms with Crippen LogP contribution in [0.2, 0.25) is 0 Å². The summed E-state index contributed by atoms with van der Waals surface area (Å²) >= 11 is 0. The number of carbonyl (C=O) groups excluding carboxylic acids is 1. The van der Waals surface area contributed by atoms with Gasteiger partial charge in [-0.15, -0.1) is 0 Å². The molecule has 0 aliphatic carbocycles. The molecule has 1 aromatic heterocycles. The molecule has 0 aromatic carbocycles. The fourth-order valence-corrected chi connectivity index (χ4v) is 1.36. The van der Waals surface area contributed by atoms with Crippen molar-refractivity contribution in [1.29, 1.82) is 0 Å². The Labute approximate surface area is 108 Å². The Morgan fingerprint density at radius 2 is 2.00 bits per heavy atom. The van der Waals surface area contributed by atoms with Gasteiger partial charge in [-0.05, 0) is 11.0 Å². The van der Waals surface area contributed by atoms with E-state index in [2.05, 4.69) is 0 Å². The minimum atomic E-state index is -4.79. The summed E-state index contributed by atoms with van der Waals surface area (Å²) in [6, 6.07) is 1.80. The smallest absolute Gasteiger partial charge is 0.406 e. The third-order valence-electron chi connectivity index (χ3n) is 2.08. The highest BCUT2D eigenvalue weighted by atomic mass is 19.4. The van der Waals surface area contributed by atoms with Gasteiger partial charge in [-0.1, -0.05) is 0 Å². The number of aromatic amines is 1. The maximum Gasteiger partial charge on any atom is 0.406 e. The molecule has 1 amide bonds. The molecular formula is C9H8F3N3O5. The predicted octanol–water partition coefficient (Wildman–Crippen LogP) is 1.01. The monoisotopic (exact) mass is 295 g/mol. The van der Waals surface area contributed by atoms with Gasteiger partial charge in [0.15, 0.2) is 5.69 Å².